The first-order valence-electron chi connectivity index (χ1n) is 8.69. The summed E-state index contributed by atoms with van der Waals surface area (Å²) in [7, 11) is 0. The number of carbonyl (C=O) groups is 1. The molecular formula is C20H14ClNO6. The summed E-state index contributed by atoms with van der Waals surface area (Å²) >= 11 is 6.31. The summed E-state index contributed by atoms with van der Waals surface area (Å²) in [6.07, 6.45) is 2.37. The van der Waals surface area contributed by atoms with Gasteiger partial charge in [-0.1, -0.05) is 11.6 Å². The van der Waals surface area contributed by atoms with Crippen molar-refractivity contribution in [3.05, 3.63) is 52.2 Å². The Morgan fingerprint density at radius 1 is 0.964 bits per heavy atom. The van der Waals surface area contributed by atoms with Gasteiger partial charge in [-0.2, -0.15) is 0 Å². The number of aliphatic imine (C=N–C) groups is 1. The fourth-order valence-corrected chi connectivity index (χ4v) is 3.33. The fourth-order valence-electron chi connectivity index (χ4n) is 3.05. The second-order valence-corrected chi connectivity index (χ2v) is 6.69. The third-order valence-electron chi connectivity index (χ3n) is 4.37. The Kier molecular flexibility index (Phi) is 4.09. The summed E-state index contributed by atoms with van der Waals surface area (Å²) in [5.74, 6) is 1.95. The number of hydrogen-bond acceptors (Lipinski definition) is 7. The second kappa shape index (κ2) is 6.76. The predicted molar refractivity (Wildman–Crippen MR) is 100 cm³/mol. The van der Waals surface area contributed by atoms with Crippen LogP contribution < -0.4 is 18.9 Å². The van der Waals surface area contributed by atoms with Gasteiger partial charge in [-0.15, -0.1) is 0 Å². The van der Waals surface area contributed by atoms with Gasteiger partial charge in [0.2, 0.25) is 12.7 Å². The van der Waals surface area contributed by atoms with Crippen LogP contribution in [0.25, 0.3) is 6.08 Å². The van der Waals surface area contributed by atoms with Crippen LogP contribution in [0, 0.1) is 0 Å². The molecule has 0 aromatic heterocycles. The van der Waals surface area contributed by atoms with E-state index in [0.29, 0.717) is 52.4 Å². The van der Waals surface area contributed by atoms with Crippen molar-refractivity contribution in [3.63, 3.8) is 0 Å². The molecule has 0 atom stereocenters. The Morgan fingerprint density at radius 2 is 1.82 bits per heavy atom. The van der Waals surface area contributed by atoms with E-state index < -0.39 is 5.97 Å². The van der Waals surface area contributed by atoms with Crippen LogP contribution in [-0.4, -0.2) is 31.9 Å². The molecule has 8 heteroatoms. The van der Waals surface area contributed by atoms with Crippen LogP contribution in [0.2, 0.25) is 5.02 Å². The van der Waals surface area contributed by atoms with Gasteiger partial charge >= 0.3 is 5.97 Å². The van der Waals surface area contributed by atoms with Crippen molar-refractivity contribution in [2.45, 2.75) is 6.42 Å². The van der Waals surface area contributed by atoms with Crippen molar-refractivity contribution < 1.29 is 28.5 Å². The van der Waals surface area contributed by atoms with E-state index in [-0.39, 0.29) is 18.4 Å². The molecule has 0 saturated carbocycles. The van der Waals surface area contributed by atoms with Crippen LogP contribution in [0.3, 0.4) is 0 Å². The number of cyclic esters (lactones) is 1. The largest absolute Gasteiger partial charge is 0.489 e. The van der Waals surface area contributed by atoms with E-state index in [1.54, 1.807) is 36.4 Å². The monoisotopic (exact) mass is 399 g/mol. The summed E-state index contributed by atoms with van der Waals surface area (Å²) in [4.78, 5) is 16.6. The van der Waals surface area contributed by atoms with Crippen molar-refractivity contribution in [1.29, 1.82) is 0 Å². The van der Waals surface area contributed by atoms with Gasteiger partial charge in [0.1, 0.15) is 0 Å². The Bertz CT molecular complexity index is 1050. The highest BCUT2D eigenvalue weighted by atomic mass is 35.5. The maximum atomic E-state index is 12.3. The second-order valence-electron chi connectivity index (χ2n) is 6.28. The van der Waals surface area contributed by atoms with Gasteiger partial charge in [-0.25, -0.2) is 9.79 Å². The number of esters is 1. The lowest BCUT2D eigenvalue weighted by Gasteiger charge is -2.10. The fraction of sp³-hybridized carbons (Fsp3) is 0.200. The highest BCUT2D eigenvalue weighted by Gasteiger charge is 2.26. The molecule has 0 aliphatic carbocycles. The summed E-state index contributed by atoms with van der Waals surface area (Å²) in [5.41, 5.74) is 1.45. The zero-order valence-electron chi connectivity index (χ0n) is 14.6. The lowest BCUT2D eigenvalue weighted by molar-refractivity contribution is -0.129. The molecule has 0 unspecified atom stereocenters. The molecule has 0 N–H and O–H groups in total. The highest BCUT2D eigenvalue weighted by Crippen LogP contribution is 2.39. The van der Waals surface area contributed by atoms with Crippen molar-refractivity contribution in [2.75, 3.05) is 20.0 Å². The third kappa shape index (κ3) is 3.03. The van der Waals surface area contributed by atoms with Gasteiger partial charge in [0.05, 0.1) is 18.2 Å². The molecule has 142 valence electrons. The average Bonchev–Trinajstić information content (AvgIpc) is 3.21. The molecule has 5 rings (SSSR count). The minimum absolute atomic E-state index is 0.165. The lowest BCUT2D eigenvalue weighted by Crippen LogP contribution is -2.05. The summed E-state index contributed by atoms with van der Waals surface area (Å²) in [6, 6.07) is 8.69. The van der Waals surface area contributed by atoms with E-state index in [1.807, 2.05) is 0 Å². The first-order valence-corrected chi connectivity index (χ1v) is 9.07. The highest BCUT2D eigenvalue weighted by molar-refractivity contribution is 6.32. The van der Waals surface area contributed by atoms with Gasteiger partial charge in [0, 0.05) is 12.0 Å². The predicted octanol–water partition coefficient (Wildman–Crippen LogP) is 3.57. The molecule has 0 bridgehead atoms. The van der Waals surface area contributed by atoms with E-state index in [2.05, 4.69) is 4.99 Å². The molecule has 0 radical (unpaired) electrons. The average molecular weight is 400 g/mol. The van der Waals surface area contributed by atoms with E-state index in [1.165, 1.54) is 0 Å². The number of benzene rings is 2. The van der Waals surface area contributed by atoms with Gasteiger partial charge < -0.3 is 23.7 Å². The van der Waals surface area contributed by atoms with Gasteiger partial charge in [0.25, 0.3) is 0 Å². The minimum atomic E-state index is -0.545. The molecule has 7 nitrogen and oxygen atoms in total. The van der Waals surface area contributed by atoms with Crippen molar-refractivity contribution in [1.82, 2.24) is 0 Å². The number of fused-ring (bicyclic) bond motifs is 2. The molecule has 28 heavy (non-hydrogen) atoms. The molecule has 3 aliphatic rings. The zero-order valence-corrected chi connectivity index (χ0v) is 15.3. The van der Waals surface area contributed by atoms with Gasteiger partial charge in [-0.05, 0) is 42.0 Å². The first kappa shape index (κ1) is 16.9. The van der Waals surface area contributed by atoms with Gasteiger partial charge in [-0.3, -0.25) is 0 Å². The first-order chi connectivity index (χ1) is 13.7. The van der Waals surface area contributed by atoms with E-state index in [4.69, 9.17) is 35.3 Å². The lowest BCUT2D eigenvalue weighted by atomic mass is 10.1. The summed E-state index contributed by atoms with van der Waals surface area (Å²) in [6.45, 7) is 1.25. The standard InChI is InChI=1S/C20H14ClNO6/c21-13-6-11(8-17-18(13)25-5-1-4-24-17)7-14-20(23)28-19(22-14)12-2-3-15-16(9-12)27-10-26-15/h2-3,6-9H,1,4-5,10H2. The van der Waals surface area contributed by atoms with Crippen molar-refractivity contribution in [3.8, 4) is 23.0 Å². The molecular weight excluding hydrogens is 386 g/mol. The Balaban J connectivity index is 1.48. The summed E-state index contributed by atoms with van der Waals surface area (Å²) < 4.78 is 27.2. The minimum Gasteiger partial charge on any atom is -0.489 e. The molecule has 0 amide bonds. The Hall–Kier alpha value is -3.19. The van der Waals surface area contributed by atoms with Crippen LogP contribution in [-0.2, 0) is 9.53 Å². The number of carbonyl (C=O) groups excluding carboxylic acids is 1. The molecule has 3 aliphatic heterocycles. The molecule has 0 fully saturated rings. The maximum absolute atomic E-state index is 12.3. The zero-order chi connectivity index (χ0) is 19.1. The molecule has 2 aromatic rings. The topological polar surface area (TPSA) is 75.6 Å². The van der Waals surface area contributed by atoms with E-state index >= 15 is 0 Å². The van der Waals surface area contributed by atoms with Gasteiger partial charge in [0.15, 0.2) is 28.7 Å². The molecule has 0 spiro atoms. The summed E-state index contributed by atoms with van der Waals surface area (Å²) in [5, 5.41) is 0.414. The van der Waals surface area contributed by atoms with E-state index in [0.717, 1.165) is 6.42 Å². The number of nitrogens with zero attached hydrogens (tertiary/aromatic N) is 1. The normalized spacial score (nSPS) is 18.7. The van der Waals surface area contributed by atoms with Crippen LogP contribution in [0.4, 0.5) is 0 Å². The maximum Gasteiger partial charge on any atom is 0.363 e. The molecule has 2 aromatic carbocycles. The van der Waals surface area contributed by atoms with E-state index in [9.17, 15) is 4.79 Å². The van der Waals surface area contributed by atoms with Crippen LogP contribution >= 0.6 is 11.6 Å². The smallest absolute Gasteiger partial charge is 0.363 e. The number of rotatable bonds is 2. The number of hydrogen-bond donors (Lipinski definition) is 0. The van der Waals surface area contributed by atoms with Crippen LogP contribution in [0.15, 0.2) is 41.0 Å². The van der Waals surface area contributed by atoms with Crippen LogP contribution in [0.5, 0.6) is 23.0 Å². The Morgan fingerprint density at radius 3 is 2.75 bits per heavy atom. The van der Waals surface area contributed by atoms with Crippen molar-refractivity contribution in [2.24, 2.45) is 4.99 Å². The third-order valence-corrected chi connectivity index (χ3v) is 4.65. The number of halogens is 1. The van der Waals surface area contributed by atoms with Crippen LogP contribution in [0.1, 0.15) is 17.5 Å². The molecule has 3 heterocycles. The number of ether oxygens (including phenoxy) is 5. The quantitative estimate of drug-likeness (QED) is 0.567. The Labute approximate surface area is 165 Å². The SMILES string of the molecule is O=C1OC(c2ccc3c(c2)OCO3)=NC1=Cc1cc(Cl)c2c(c1)OCCCO2. The molecule has 0 saturated heterocycles. The van der Waals surface area contributed by atoms with Crippen molar-refractivity contribution >= 4 is 29.5 Å².